The van der Waals surface area contributed by atoms with Gasteiger partial charge in [0.1, 0.15) is 0 Å². The first-order valence-electron chi connectivity index (χ1n) is 0.908. The third-order valence-electron chi connectivity index (χ3n) is 0. The predicted octanol–water partition coefficient (Wildman–Crippen LogP) is -2.25. The normalized spacial score (nSPS) is 3.57. The first kappa shape index (κ1) is 27.9. The zero-order chi connectivity index (χ0) is 3.58. The van der Waals surface area contributed by atoms with Crippen molar-refractivity contribution in [3.05, 3.63) is 0 Å². The average molecular weight is 159 g/mol. The summed E-state index contributed by atoms with van der Waals surface area (Å²) >= 11 is 0. The molecule has 40 valence electrons. The van der Waals surface area contributed by atoms with Gasteiger partial charge in [-0.15, -0.1) is 0 Å². The number of carboxylic acids is 1. The van der Waals surface area contributed by atoms with E-state index in [0.29, 0.717) is 0 Å². The molecule has 7 heavy (non-hydrogen) atoms. The number of carbonyl (C=O) groups excluding carboxylic acids is 1. The van der Waals surface area contributed by atoms with E-state index < -0.39 is 5.97 Å². The SMILES string of the molecule is CC(=O)[O-].O.[OH-].[Zn+2]. The Morgan fingerprint density at radius 2 is 1.57 bits per heavy atom. The summed E-state index contributed by atoms with van der Waals surface area (Å²) in [5.41, 5.74) is 0. The van der Waals surface area contributed by atoms with E-state index in [4.69, 9.17) is 9.90 Å². The largest absolute Gasteiger partial charge is 2.00 e. The minimum Gasteiger partial charge on any atom is -0.870 e. The topological polar surface area (TPSA) is 102 Å². The Balaban J connectivity index is -0.0000000150. The summed E-state index contributed by atoms with van der Waals surface area (Å²) in [4.78, 5) is 8.89. The molecule has 0 saturated heterocycles. The Bertz CT molecular complexity index is 32.7. The molecule has 0 spiro atoms. The molecule has 3 N–H and O–H groups in total. The van der Waals surface area contributed by atoms with Gasteiger partial charge >= 0.3 is 19.5 Å². The maximum atomic E-state index is 8.89. The van der Waals surface area contributed by atoms with Gasteiger partial charge in [0.2, 0.25) is 0 Å². The number of rotatable bonds is 0. The van der Waals surface area contributed by atoms with Crippen LogP contribution in [0, 0.1) is 0 Å². The third-order valence-corrected chi connectivity index (χ3v) is 0. The quantitative estimate of drug-likeness (QED) is 0.373. The minimum atomic E-state index is -1.08. The van der Waals surface area contributed by atoms with E-state index in [2.05, 4.69) is 0 Å². The van der Waals surface area contributed by atoms with Crippen molar-refractivity contribution in [3.8, 4) is 0 Å². The van der Waals surface area contributed by atoms with Crippen LogP contribution in [0.3, 0.4) is 0 Å². The van der Waals surface area contributed by atoms with Gasteiger partial charge in [0.15, 0.2) is 0 Å². The second-order valence-electron chi connectivity index (χ2n) is 0.492. The van der Waals surface area contributed by atoms with Crippen LogP contribution in [0.25, 0.3) is 0 Å². The summed E-state index contributed by atoms with van der Waals surface area (Å²) < 4.78 is 0. The fraction of sp³-hybridized carbons (Fsp3) is 0.500. The Hall–Kier alpha value is 0.0134. The summed E-state index contributed by atoms with van der Waals surface area (Å²) in [6.45, 7) is 0.972. The Morgan fingerprint density at radius 3 is 1.57 bits per heavy atom. The molecule has 5 heteroatoms. The first-order chi connectivity index (χ1) is 1.73. The van der Waals surface area contributed by atoms with Crippen LogP contribution in [-0.4, -0.2) is 16.9 Å². The number of carboxylic acid groups (broad SMARTS) is 1. The van der Waals surface area contributed by atoms with Gasteiger partial charge < -0.3 is 20.9 Å². The van der Waals surface area contributed by atoms with Gasteiger partial charge in [-0.3, -0.25) is 0 Å². The van der Waals surface area contributed by atoms with Gasteiger partial charge in [-0.2, -0.15) is 0 Å². The summed E-state index contributed by atoms with van der Waals surface area (Å²) in [5, 5.41) is 8.89. The van der Waals surface area contributed by atoms with E-state index in [9.17, 15) is 0 Å². The van der Waals surface area contributed by atoms with Crippen molar-refractivity contribution in [2.24, 2.45) is 0 Å². The Kier molecular flexibility index (Phi) is 66.4. The molecule has 0 bridgehead atoms. The molecule has 0 fully saturated rings. The molecule has 4 nitrogen and oxygen atoms in total. The van der Waals surface area contributed by atoms with Crippen LogP contribution in [0.2, 0.25) is 0 Å². The number of carbonyl (C=O) groups is 1. The molecular weight excluding hydrogens is 153 g/mol. The Morgan fingerprint density at radius 1 is 1.57 bits per heavy atom. The van der Waals surface area contributed by atoms with Gasteiger partial charge in [0.05, 0.1) is 0 Å². The van der Waals surface area contributed by atoms with Gasteiger partial charge in [-0.25, -0.2) is 0 Å². The molecular formula is C2H6O4Zn. The third kappa shape index (κ3) is 541000. The van der Waals surface area contributed by atoms with Crippen LogP contribution in [0.4, 0.5) is 0 Å². The first-order valence-corrected chi connectivity index (χ1v) is 0.908. The molecule has 0 aromatic carbocycles. The van der Waals surface area contributed by atoms with Gasteiger partial charge in [-0.1, -0.05) is 0 Å². The van der Waals surface area contributed by atoms with Crippen molar-refractivity contribution in [3.63, 3.8) is 0 Å². The zero-order valence-corrected chi connectivity index (χ0v) is 6.94. The van der Waals surface area contributed by atoms with Crippen LogP contribution in [-0.2, 0) is 24.3 Å². The fourth-order valence-corrected chi connectivity index (χ4v) is 0. The van der Waals surface area contributed by atoms with Crippen LogP contribution in [0.15, 0.2) is 0 Å². The van der Waals surface area contributed by atoms with E-state index in [1.54, 1.807) is 0 Å². The van der Waals surface area contributed by atoms with Crippen LogP contribution in [0.1, 0.15) is 6.92 Å². The van der Waals surface area contributed by atoms with Crippen molar-refractivity contribution >= 4 is 5.97 Å². The van der Waals surface area contributed by atoms with Crippen molar-refractivity contribution < 1.29 is 40.3 Å². The van der Waals surface area contributed by atoms with E-state index >= 15 is 0 Å². The Labute approximate surface area is 53.9 Å². The van der Waals surface area contributed by atoms with E-state index in [-0.39, 0.29) is 30.4 Å². The molecule has 0 aliphatic heterocycles. The average Bonchev–Trinajstić information content (AvgIpc) is 0.811. The predicted molar refractivity (Wildman–Crippen MR) is 16.2 cm³/mol. The van der Waals surface area contributed by atoms with Gasteiger partial charge in [-0.05, 0) is 6.92 Å². The molecule has 0 rings (SSSR count). The van der Waals surface area contributed by atoms with E-state index in [1.165, 1.54) is 0 Å². The molecule has 0 unspecified atom stereocenters. The monoisotopic (exact) mass is 158 g/mol. The molecule has 0 amide bonds. The minimum absolute atomic E-state index is 0. The maximum absolute atomic E-state index is 8.89. The maximum Gasteiger partial charge on any atom is 2.00 e. The number of hydrogen-bond donors (Lipinski definition) is 0. The second kappa shape index (κ2) is 16.6. The van der Waals surface area contributed by atoms with Gasteiger partial charge in [0, 0.05) is 5.97 Å². The summed E-state index contributed by atoms with van der Waals surface area (Å²) in [7, 11) is 0. The zero-order valence-electron chi connectivity index (χ0n) is 3.97. The van der Waals surface area contributed by atoms with Crippen molar-refractivity contribution in [2.75, 3.05) is 0 Å². The van der Waals surface area contributed by atoms with E-state index in [1.807, 2.05) is 0 Å². The van der Waals surface area contributed by atoms with Crippen molar-refractivity contribution in [2.45, 2.75) is 6.92 Å². The molecule has 0 heterocycles. The molecule has 0 aliphatic carbocycles. The van der Waals surface area contributed by atoms with Crippen molar-refractivity contribution in [1.82, 2.24) is 0 Å². The summed E-state index contributed by atoms with van der Waals surface area (Å²) in [6.07, 6.45) is 0. The standard InChI is InChI=1S/C2H4O2.2H2O.Zn/c1-2(3)4;;;/h1H3,(H,3,4);2*1H2;/q;;;+2/p-2. The van der Waals surface area contributed by atoms with Crippen LogP contribution < -0.4 is 5.11 Å². The van der Waals surface area contributed by atoms with Crippen molar-refractivity contribution in [1.29, 1.82) is 0 Å². The molecule has 0 aromatic rings. The van der Waals surface area contributed by atoms with Crippen LogP contribution in [0.5, 0.6) is 0 Å². The number of hydrogen-bond acceptors (Lipinski definition) is 3. The fourth-order valence-electron chi connectivity index (χ4n) is 0. The van der Waals surface area contributed by atoms with Gasteiger partial charge in [0.25, 0.3) is 0 Å². The molecule has 0 radical (unpaired) electrons. The molecule has 0 atom stereocenters. The van der Waals surface area contributed by atoms with Crippen LogP contribution >= 0.6 is 0 Å². The summed E-state index contributed by atoms with van der Waals surface area (Å²) in [6, 6.07) is 0. The molecule has 0 aliphatic rings. The molecule has 0 saturated carbocycles. The van der Waals surface area contributed by atoms with E-state index in [0.717, 1.165) is 6.92 Å². The second-order valence-corrected chi connectivity index (χ2v) is 0.492. The number of aliphatic carboxylic acids is 1. The smallest absolute Gasteiger partial charge is 0.870 e. The molecule has 0 aromatic heterocycles. The summed E-state index contributed by atoms with van der Waals surface area (Å²) in [5.74, 6) is -1.08.